The molecule has 1 saturated heterocycles. The summed E-state index contributed by atoms with van der Waals surface area (Å²) in [6.45, 7) is 1.48. The van der Waals surface area contributed by atoms with Crippen LogP contribution in [0, 0.1) is 0 Å². The van der Waals surface area contributed by atoms with Gasteiger partial charge in [-0.3, -0.25) is 4.90 Å². The van der Waals surface area contributed by atoms with E-state index in [2.05, 4.69) is 17.0 Å². The third-order valence-corrected chi connectivity index (χ3v) is 6.10. The second kappa shape index (κ2) is 7.38. The van der Waals surface area contributed by atoms with Crippen molar-refractivity contribution in [2.45, 2.75) is 25.1 Å². The van der Waals surface area contributed by atoms with Gasteiger partial charge in [-0.15, -0.1) is 0 Å². The zero-order chi connectivity index (χ0) is 20.0. The molecule has 148 valence electrons. The standard InChI is InChI=1S/C24H22ClNO3/c1-28-21-11-10-18(23-19-4-2-3-5-20(19)29-24(21)23)16-12-22(27)26(14-16)13-15-6-8-17(25)9-7-15/h2-11,16,22,27H,12-14H2,1H3. The third kappa shape index (κ3) is 3.27. The van der Waals surface area contributed by atoms with Crippen molar-refractivity contribution in [3.63, 3.8) is 0 Å². The van der Waals surface area contributed by atoms with E-state index in [1.54, 1.807) is 7.11 Å². The van der Waals surface area contributed by atoms with Gasteiger partial charge in [0.25, 0.3) is 0 Å². The first kappa shape index (κ1) is 18.5. The summed E-state index contributed by atoms with van der Waals surface area (Å²) < 4.78 is 11.7. The molecule has 3 aromatic carbocycles. The van der Waals surface area contributed by atoms with E-state index < -0.39 is 6.23 Å². The molecule has 1 fully saturated rings. The number of halogens is 1. The van der Waals surface area contributed by atoms with E-state index in [1.807, 2.05) is 48.5 Å². The van der Waals surface area contributed by atoms with Crippen molar-refractivity contribution in [1.29, 1.82) is 0 Å². The summed E-state index contributed by atoms with van der Waals surface area (Å²) in [5.41, 5.74) is 3.97. The second-order valence-corrected chi connectivity index (χ2v) is 8.06. The fourth-order valence-electron chi connectivity index (χ4n) is 4.43. The zero-order valence-corrected chi connectivity index (χ0v) is 16.9. The van der Waals surface area contributed by atoms with E-state index >= 15 is 0 Å². The van der Waals surface area contributed by atoms with Crippen molar-refractivity contribution in [3.8, 4) is 5.75 Å². The second-order valence-electron chi connectivity index (χ2n) is 7.63. The highest BCUT2D eigenvalue weighted by Crippen LogP contribution is 2.42. The molecule has 1 aliphatic rings. The molecule has 2 atom stereocenters. The third-order valence-electron chi connectivity index (χ3n) is 5.85. The molecule has 4 aromatic rings. The Labute approximate surface area is 174 Å². The zero-order valence-electron chi connectivity index (χ0n) is 16.1. The molecule has 0 aliphatic carbocycles. The fraction of sp³-hybridized carbons (Fsp3) is 0.250. The van der Waals surface area contributed by atoms with Gasteiger partial charge in [-0.1, -0.05) is 48.0 Å². The van der Waals surface area contributed by atoms with Crippen LogP contribution in [0.1, 0.15) is 23.5 Å². The first-order valence-corrected chi connectivity index (χ1v) is 10.2. The lowest BCUT2D eigenvalue weighted by molar-refractivity contribution is 0.0328. The van der Waals surface area contributed by atoms with Gasteiger partial charge in [-0.05, 0) is 41.8 Å². The Kier molecular flexibility index (Phi) is 4.70. The predicted molar refractivity (Wildman–Crippen MR) is 115 cm³/mol. The minimum absolute atomic E-state index is 0.215. The van der Waals surface area contributed by atoms with Gasteiger partial charge in [0.1, 0.15) is 11.8 Å². The van der Waals surface area contributed by atoms with Gasteiger partial charge in [-0.25, -0.2) is 0 Å². The summed E-state index contributed by atoms with van der Waals surface area (Å²) in [5, 5.41) is 13.6. The van der Waals surface area contributed by atoms with Gasteiger partial charge in [0, 0.05) is 34.8 Å². The molecule has 5 heteroatoms. The molecule has 1 aliphatic heterocycles. The molecule has 0 saturated carbocycles. The van der Waals surface area contributed by atoms with E-state index in [9.17, 15) is 5.11 Å². The van der Waals surface area contributed by atoms with Crippen LogP contribution >= 0.6 is 11.6 Å². The lowest BCUT2D eigenvalue weighted by Gasteiger charge is -2.20. The van der Waals surface area contributed by atoms with Crippen LogP contribution in [-0.2, 0) is 6.54 Å². The lowest BCUT2D eigenvalue weighted by atomic mass is 9.93. The molecule has 29 heavy (non-hydrogen) atoms. The Morgan fingerprint density at radius 2 is 1.90 bits per heavy atom. The van der Waals surface area contributed by atoms with Gasteiger partial charge in [0.2, 0.25) is 0 Å². The Morgan fingerprint density at radius 1 is 1.10 bits per heavy atom. The summed E-state index contributed by atoms with van der Waals surface area (Å²) in [6, 6.07) is 20.0. The minimum atomic E-state index is -0.481. The summed E-state index contributed by atoms with van der Waals surface area (Å²) in [7, 11) is 1.66. The number of benzene rings is 3. The van der Waals surface area contributed by atoms with Gasteiger partial charge in [-0.2, -0.15) is 0 Å². The molecular formula is C24H22ClNO3. The Bertz CT molecular complexity index is 1170. The normalized spacial score (nSPS) is 20.0. The number of likely N-dealkylation sites (tertiary alicyclic amines) is 1. The Morgan fingerprint density at radius 3 is 2.69 bits per heavy atom. The first-order valence-electron chi connectivity index (χ1n) is 9.78. The van der Waals surface area contributed by atoms with E-state index in [-0.39, 0.29) is 5.92 Å². The van der Waals surface area contributed by atoms with Gasteiger partial charge >= 0.3 is 0 Å². The lowest BCUT2D eigenvalue weighted by Crippen LogP contribution is -2.28. The molecular weight excluding hydrogens is 386 g/mol. The molecule has 0 amide bonds. The van der Waals surface area contributed by atoms with Gasteiger partial charge in [0.15, 0.2) is 11.3 Å². The number of methoxy groups -OCH3 is 1. The van der Waals surface area contributed by atoms with Crippen molar-refractivity contribution >= 4 is 33.5 Å². The van der Waals surface area contributed by atoms with Crippen molar-refractivity contribution in [2.24, 2.45) is 0 Å². The smallest absolute Gasteiger partial charge is 0.177 e. The summed E-state index contributed by atoms with van der Waals surface area (Å²) in [5.74, 6) is 0.947. The highest BCUT2D eigenvalue weighted by molar-refractivity contribution is 6.30. The van der Waals surface area contributed by atoms with E-state index in [1.165, 1.54) is 5.56 Å². The molecule has 1 N–H and O–H groups in total. The average molecular weight is 408 g/mol. The number of nitrogens with zero attached hydrogens (tertiary/aromatic N) is 1. The number of furan rings is 1. The number of rotatable bonds is 4. The number of para-hydroxylation sites is 1. The summed E-state index contributed by atoms with van der Waals surface area (Å²) in [6.07, 6.45) is 0.208. The number of fused-ring (bicyclic) bond motifs is 3. The molecule has 0 bridgehead atoms. The van der Waals surface area contributed by atoms with Crippen molar-refractivity contribution in [2.75, 3.05) is 13.7 Å². The maximum atomic E-state index is 10.7. The van der Waals surface area contributed by atoms with Crippen LogP contribution in [0.5, 0.6) is 5.75 Å². The van der Waals surface area contributed by atoms with Gasteiger partial charge in [0.05, 0.1) is 7.11 Å². The van der Waals surface area contributed by atoms with Crippen LogP contribution in [0.3, 0.4) is 0 Å². The number of ether oxygens (including phenoxy) is 1. The van der Waals surface area contributed by atoms with Crippen molar-refractivity contribution in [1.82, 2.24) is 4.90 Å². The first-order chi connectivity index (χ1) is 14.1. The Hall–Kier alpha value is -2.53. The quantitative estimate of drug-likeness (QED) is 0.481. The number of aliphatic hydroxyl groups is 1. The number of hydrogen-bond acceptors (Lipinski definition) is 4. The van der Waals surface area contributed by atoms with Crippen molar-refractivity contribution in [3.05, 3.63) is 76.8 Å². The van der Waals surface area contributed by atoms with Gasteiger partial charge < -0.3 is 14.3 Å². The van der Waals surface area contributed by atoms with Crippen molar-refractivity contribution < 1.29 is 14.3 Å². The molecule has 2 unspecified atom stereocenters. The molecule has 0 radical (unpaired) electrons. The highest BCUT2D eigenvalue weighted by Gasteiger charge is 2.33. The largest absolute Gasteiger partial charge is 0.493 e. The monoisotopic (exact) mass is 407 g/mol. The maximum Gasteiger partial charge on any atom is 0.177 e. The van der Waals surface area contributed by atoms with Crippen LogP contribution in [-0.4, -0.2) is 29.9 Å². The van der Waals surface area contributed by atoms with Crippen LogP contribution in [0.25, 0.3) is 21.9 Å². The molecule has 2 heterocycles. The predicted octanol–water partition coefficient (Wildman–Crippen LogP) is 5.56. The Balaban J connectivity index is 1.52. The highest BCUT2D eigenvalue weighted by atomic mass is 35.5. The molecule has 0 spiro atoms. The topological polar surface area (TPSA) is 45.8 Å². The average Bonchev–Trinajstić information content (AvgIpc) is 3.30. The van der Waals surface area contributed by atoms with E-state index in [0.717, 1.165) is 44.8 Å². The maximum absolute atomic E-state index is 10.7. The molecule has 1 aromatic heterocycles. The van der Waals surface area contributed by atoms with E-state index in [0.29, 0.717) is 13.0 Å². The van der Waals surface area contributed by atoms with Crippen LogP contribution in [0.4, 0.5) is 0 Å². The van der Waals surface area contributed by atoms with Crippen LogP contribution < -0.4 is 4.74 Å². The number of hydrogen-bond donors (Lipinski definition) is 1. The fourth-order valence-corrected chi connectivity index (χ4v) is 4.56. The van der Waals surface area contributed by atoms with E-state index in [4.69, 9.17) is 20.8 Å². The summed E-state index contributed by atoms with van der Waals surface area (Å²) in [4.78, 5) is 2.12. The summed E-state index contributed by atoms with van der Waals surface area (Å²) >= 11 is 6.00. The van der Waals surface area contributed by atoms with Crippen LogP contribution in [0.2, 0.25) is 5.02 Å². The van der Waals surface area contributed by atoms with Crippen LogP contribution in [0.15, 0.2) is 65.1 Å². The SMILES string of the molecule is COc1ccc(C2CC(O)N(Cc3ccc(Cl)cc3)C2)c2c1oc1ccccc12. The number of aliphatic hydroxyl groups excluding tert-OH is 1. The minimum Gasteiger partial charge on any atom is -0.493 e. The molecule has 4 nitrogen and oxygen atoms in total. The molecule has 5 rings (SSSR count).